The molecule has 1 spiro atoms. The number of rotatable bonds is 10. The van der Waals surface area contributed by atoms with Crippen molar-refractivity contribution in [3.05, 3.63) is 42.2 Å². The Balaban J connectivity index is 1.43. The van der Waals surface area contributed by atoms with E-state index in [1.807, 2.05) is 6.07 Å². The number of nitrogens with zero attached hydrogens (tertiary/aromatic N) is 2. The molecule has 0 bridgehead atoms. The molecule has 7 nitrogen and oxygen atoms in total. The number of aliphatic hydroxyl groups excluding tert-OH is 1. The van der Waals surface area contributed by atoms with Crippen LogP contribution in [0.4, 0.5) is 24.5 Å². The van der Waals surface area contributed by atoms with Crippen molar-refractivity contribution < 1.29 is 36.2 Å². The molecular weight excluding hydrogens is 577 g/mol. The summed E-state index contributed by atoms with van der Waals surface area (Å²) in [7, 11) is -2.69. The summed E-state index contributed by atoms with van der Waals surface area (Å²) in [5.41, 5.74) is 0.899. The molecule has 2 aliphatic carbocycles. The van der Waals surface area contributed by atoms with E-state index in [0.29, 0.717) is 41.0 Å². The first-order chi connectivity index (χ1) is 19.5. The Morgan fingerprint density at radius 2 is 1.88 bits per heavy atom. The van der Waals surface area contributed by atoms with Crippen molar-refractivity contribution in [3.63, 3.8) is 0 Å². The van der Waals surface area contributed by atoms with Gasteiger partial charge in [0.15, 0.2) is 0 Å². The third-order valence-corrected chi connectivity index (χ3v) is 12.2. The molecule has 0 amide bonds. The van der Waals surface area contributed by atoms with Gasteiger partial charge in [0.1, 0.15) is 23.1 Å². The monoisotopic (exact) mass is 612 g/mol. The lowest BCUT2D eigenvalue weighted by atomic mass is 9.81. The molecule has 4 aliphatic rings. The van der Waals surface area contributed by atoms with Crippen molar-refractivity contribution >= 4 is 33.2 Å². The lowest BCUT2D eigenvalue weighted by Gasteiger charge is -2.40. The summed E-state index contributed by atoms with van der Waals surface area (Å²) in [6.07, 6.45) is 1.65. The lowest BCUT2D eigenvalue weighted by Crippen LogP contribution is -2.50. The van der Waals surface area contributed by atoms with Crippen LogP contribution in [0.3, 0.4) is 0 Å². The zero-order chi connectivity index (χ0) is 29.0. The van der Waals surface area contributed by atoms with Crippen molar-refractivity contribution in [2.45, 2.75) is 66.0 Å². The Hall–Kier alpha value is -1.99. The SMILES string of the molecule is CN1[C@H](CCC(F)F)CN(c2ccc(F)cc2)c2cc(SC3CC4(CC4)C3)c(OCC3(CO)COC3)cc2S1(=O)=O. The first kappa shape index (κ1) is 29.1. The summed E-state index contributed by atoms with van der Waals surface area (Å²) in [4.78, 5) is 2.57. The van der Waals surface area contributed by atoms with Gasteiger partial charge in [-0.1, -0.05) is 0 Å². The fraction of sp³-hybridized carbons (Fsp3) is 0.586. The van der Waals surface area contributed by atoms with E-state index in [2.05, 4.69) is 0 Å². The number of likely N-dealkylation sites (N-methyl/N-ethyl adjacent to an activating group) is 1. The van der Waals surface area contributed by atoms with Crippen molar-refractivity contribution in [2.75, 3.05) is 44.9 Å². The number of ether oxygens (including phenoxy) is 2. The summed E-state index contributed by atoms with van der Waals surface area (Å²) >= 11 is 1.67. The third-order valence-electron chi connectivity index (χ3n) is 8.99. The minimum absolute atomic E-state index is 0.00148. The first-order valence-electron chi connectivity index (χ1n) is 14.0. The quantitative estimate of drug-likeness (QED) is 0.383. The van der Waals surface area contributed by atoms with Crippen molar-refractivity contribution in [2.24, 2.45) is 10.8 Å². The summed E-state index contributed by atoms with van der Waals surface area (Å²) < 4.78 is 81.1. The molecule has 6 rings (SSSR count). The number of anilines is 2. The Bertz CT molecular complexity index is 1370. The molecule has 2 aromatic carbocycles. The van der Waals surface area contributed by atoms with Crippen molar-refractivity contribution in [3.8, 4) is 5.75 Å². The third kappa shape index (κ3) is 5.70. The van der Waals surface area contributed by atoms with Crippen LogP contribution in [-0.4, -0.2) is 75.6 Å². The topological polar surface area (TPSA) is 79.3 Å². The van der Waals surface area contributed by atoms with Gasteiger partial charge in [-0.15, -0.1) is 11.8 Å². The summed E-state index contributed by atoms with van der Waals surface area (Å²) in [5, 5.41) is 10.3. The smallest absolute Gasteiger partial charge is 0.245 e. The highest BCUT2D eigenvalue weighted by atomic mass is 32.2. The zero-order valence-electron chi connectivity index (χ0n) is 22.9. The molecule has 2 aromatic rings. The van der Waals surface area contributed by atoms with Gasteiger partial charge in [-0.05, 0) is 67.9 Å². The fourth-order valence-corrected chi connectivity index (χ4v) is 9.19. The van der Waals surface area contributed by atoms with Gasteiger partial charge < -0.3 is 19.5 Å². The molecule has 0 unspecified atom stereocenters. The molecule has 1 atom stereocenters. The van der Waals surface area contributed by atoms with E-state index < -0.39 is 40.1 Å². The molecule has 1 N–H and O–H groups in total. The molecule has 224 valence electrons. The second kappa shape index (κ2) is 10.9. The second-order valence-corrected chi connectivity index (χ2v) is 15.4. The number of benzene rings is 2. The summed E-state index contributed by atoms with van der Waals surface area (Å²) in [6.45, 7) is 0.888. The Labute approximate surface area is 243 Å². The summed E-state index contributed by atoms with van der Waals surface area (Å²) in [6, 6.07) is 8.37. The van der Waals surface area contributed by atoms with Gasteiger partial charge in [0.25, 0.3) is 0 Å². The molecular formula is C29H35F3N2O5S2. The number of aliphatic hydroxyl groups is 1. The Morgan fingerprint density at radius 1 is 1.17 bits per heavy atom. The van der Waals surface area contributed by atoms with Crippen LogP contribution < -0.4 is 9.64 Å². The van der Waals surface area contributed by atoms with Gasteiger partial charge in [0.05, 0.1) is 35.8 Å². The summed E-state index contributed by atoms with van der Waals surface area (Å²) in [5.74, 6) is -0.0214. The average Bonchev–Trinajstić information content (AvgIpc) is 3.70. The van der Waals surface area contributed by atoms with E-state index in [1.54, 1.807) is 28.8 Å². The highest BCUT2D eigenvalue weighted by Crippen LogP contribution is 2.65. The number of alkyl halides is 2. The number of sulfonamides is 1. The minimum Gasteiger partial charge on any atom is -0.492 e. The number of hydrogen-bond acceptors (Lipinski definition) is 7. The predicted molar refractivity (Wildman–Crippen MR) is 150 cm³/mol. The largest absolute Gasteiger partial charge is 0.492 e. The first-order valence-corrected chi connectivity index (χ1v) is 16.3. The molecule has 1 saturated heterocycles. The van der Waals surface area contributed by atoms with Crippen LogP contribution in [0.1, 0.15) is 38.5 Å². The zero-order valence-corrected chi connectivity index (χ0v) is 24.5. The molecule has 0 aromatic heterocycles. The highest BCUT2D eigenvalue weighted by molar-refractivity contribution is 8.00. The average molecular weight is 613 g/mol. The van der Waals surface area contributed by atoms with E-state index in [0.717, 1.165) is 17.7 Å². The molecule has 2 heterocycles. The molecule has 2 saturated carbocycles. The van der Waals surface area contributed by atoms with Gasteiger partial charge in [-0.2, -0.15) is 4.31 Å². The van der Waals surface area contributed by atoms with Crippen LogP contribution in [0.2, 0.25) is 0 Å². The molecule has 41 heavy (non-hydrogen) atoms. The molecule has 12 heteroatoms. The van der Waals surface area contributed by atoms with E-state index in [-0.39, 0.29) is 31.1 Å². The van der Waals surface area contributed by atoms with Crippen LogP contribution in [0.15, 0.2) is 46.2 Å². The maximum Gasteiger partial charge on any atom is 0.245 e. The molecule has 0 radical (unpaired) electrons. The molecule has 3 fully saturated rings. The lowest BCUT2D eigenvalue weighted by molar-refractivity contribution is -0.153. The number of fused-ring (bicyclic) bond motifs is 1. The standard InChI is InChI=1S/C29H35F3N2O5S2/c1-33-21(6-7-27(31)32)14-34(20-4-2-19(30)3-5-20)23-10-25(40-22-12-28(13-22)8-9-28)24(11-26(23)41(33,36)37)39-18-29(15-35)16-38-17-29/h2-5,10-11,21-22,27,35H,6-9,12-18H2,1H3/t21-/m1/s1. The molecule has 2 aliphatic heterocycles. The van der Waals surface area contributed by atoms with Crippen LogP contribution >= 0.6 is 11.8 Å². The maximum absolute atomic E-state index is 14.0. The van der Waals surface area contributed by atoms with E-state index in [9.17, 15) is 26.7 Å². The van der Waals surface area contributed by atoms with Gasteiger partial charge in [-0.3, -0.25) is 0 Å². The van der Waals surface area contributed by atoms with Crippen LogP contribution in [0.25, 0.3) is 0 Å². The number of thioether (sulfide) groups is 1. The number of halogens is 3. The second-order valence-electron chi connectivity index (χ2n) is 12.1. The van der Waals surface area contributed by atoms with Crippen molar-refractivity contribution in [1.29, 1.82) is 0 Å². The van der Waals surface area contributed by atoms with Crippen LogP contribution in [0.5, 0.6) is 5.75 Å². The van der Waals surface area contributed by atoms with Gasteiger partial charge in [0.2, 0.25) is 16.4 Å². The van der Waals surface area contributed by atoms with Crippen LogP contribution in [0, 0.1) is 16.6 Å². The van der Waals surface area contributed by atoms with E-state index in [1.165, 1.54) is 42.4 Å². The van der Waals surface area contributed by atoms with Crippen molar-refractivity contribution in [1.82, 2.24) is 4.31 Å². The Morgan fingerprint density at radius 3 is 2.46 bits per heavy atom. The number of hydrogen-bond donors (Lipinski definition) is 1. The van der Waals surface area contributed by atoms with E-state index in [4.69, 9.17) is 9.47 Å². The maximum atomic E-state index is 14.0. The predicted octanol–water partition coefficient (Wildman–Crippen LogP) is 5.43. The fourth-order valence-electron chi connectivity index (χ4n) is 5.98. The van der Waals surface area contributed by atoms with E-state index >= 15 is 0 Å². The minimum atomic E-state index is -4.11. The van der Waals surface area contributed by atoms with Crippen LogP contribution in [-0.2, 0) is 14.8 Å². The highest BCUT2D eigenvalue weighted by Gasteiger charge is 2.53. The van der Waals surface area contributed by atoms with Gasteiger partial charge in [0, 0.05) is 43.1 Å². The Kier molecular flexibility index (Phi) is 7.76. The normalized spacial score (nSPS) is 24.4. The van der Waals surface area contributed by atoms with Gasteiger partial charge >= 0.3 is 0 Å². The van der Waals surface area contributed by atoms with Gasteiger partial charge in [-0.25, -0.2) is 21.6 Å².